The van der Waals surface area contributed by atoms with E-state index in [2.05, 4.69) is 29.3 Å². The molecule has 0 bridgehead atoms. The van der Waals surface area contributed by atoms with Gasteiger partial charge in [-0.05, 0) is 42.0 Å². The summed E-state index contributed by atoms with van der Waals surface area (Å²) in [6.45, 7) is 0.882. The number of fused-ring (bicyclic) bond motifs is 1. The number of rotatable bonds is 3. The summed E-state index contributed by atoms with van der Waals surface area (Å²) in [6, 6.07) is 16.0. The minimum atomic E-state index is 0.382. The van der Waals surface area contributed by atoms with Crippen molar-refractivity contribution in [1.29, 1.82) is 0 Å². The first-order chi connectivity index (χ1) is 9.34. The summed E-state index contributed by atoms with van der Waals surface area (Å²) >= 11 is 0. The standard InChI is InChI=1S/C17H17NO/c19-17-8-4-2-6-14(17)9-10-16-15-7-3-1-5-13(15)11-12-18-16/h1-8,19H,9-12H2. The van der Waals surface area contributed by atoms with Gasteiger partial charge >= 0.3 is 0 Å². The average molecular weight is 251 g/mol. The van der Waals surface area contributed by atoms with Crippen LogP contribution in [0.1, 0.15) is 23.1 Å². The van der Waals surface area contributed by atoms with E-state index in [0.717, 1.165) is 31.4 Å². The number of aryl methyl sites for hydroxylation is 1. The van der Waals surface area contributed by atoms with Gasteiger partial charge < -0.3 is 5.11 Å². The van der Waals surface area contributed by atoms with Crippen LogP contribution in [0.4, 0.5) is 0 Å². The second-order valence-corrected chi connectivity index (χ2v) is 4.86. The third-order valence-corrected chi connectivity index (χ3v) is 3.63. The van der Waals surface area contributed by atoms with Crippen LogP contribution in [0.3, 0.4) is 0 Å². The van der Waals surface area contributed by atoms with Gasteiger partial charge in [0, 0.05) is 12.3 Å². The maximum absolute atomic E-state index is 9.80. The van der Waals surface area contributed by atoms with Crippen LogP contribution in [0.15, 0.2) is 53.5 Å². The number of hydrogen-bond donors (Lipinski definition) is 1. The highest BCUT2D eigenvalue weighted by Gasteiger charge is 2.13. The molecule has 0 aliphatic carbocycles. The Bertz CT molecular complexity index is 616. The Hall–Kier alpha value is -2.09. The van der Waals surface area contributed by atoms with Crippen molar-refractivity contribution >= 4 is 5.71 Å². The molecule has 1 aliphatic heterocycles. The van der Waals surface area contributed by atoms with E-state index in [1.54, 1.807) is 6.07 Å². The lowest BCUT2D eigenvalue weighted by atomic mass is 9.94. The molecule has 1 aliphatic rings. The van der Waals surface area contributed by atoms with Crippen LogP contribution in [-0.4, -0.2) is 17.4 Å². The summed E-state index contributed by atoms with van der Waals surface area (Å²) in [5.41, 5.74) is 4.84. The van der Waals surface area contributed by atoms with Gasteiger partial charge in [0.25, 0.3) is 0 Å². The summed E-state index contributed by atoms with van der Waals surface area (Å²) in [4.78, 5) is 4.65. The lowest BCUT2D eigenvalue weighted by molar-refractivity contribution is 0.468. The van der Waals surface area contributed by atoms with Gasteiger partial charge in [0.05, 0.1) is 0 Å². The van der Waals surface area contributed by atoms with Gasteiger partial charge in [0.1, 0.15) is 5.75 Å². The van der Waals surface area contributed by atoms with Gasteiger partial charge in [-0.25, -0.2) is 0 Å². The lowest BCUT2D eigenvalue weighted by Gasteiger charge is -2.16. The van der Waals surface area contributed by atoms with E-state index in [4.69, 9.17) is 0 Å². The molecular weight excluding hydrogens is 234 g/mol. The Labute approximate surface area is 113 Å². The van der Waals surface area contributed by atoms with Gasteiger partial charge in [0.15, 0.2) is 0 Å². The van der Waals surface area contributed by atoms with Crippen LogP contribution in [0.2, 0.25) is 0 Å². The monoisotopic (exact) mass is 251 g/mol. The van der Waals surface area contributed by atoms with Crippen molar-refractivity contribution in [2.45, 2.75) is 19.3 Å². The van der Waals surface area contributed by atoms with E-state index in [-0.39, 0.29) is 0 Å². The topological polar surface area (TPSA) is 32.6 Å². The maximum Gasteiger partial charge on any atom is 0.118 e. The Kier molecular flexibility index (Phi) is 3.32. The Morgan fingerprint density at radius 2 is 1.74 bits per heavy atom. The molecule has 2 aromatic rings. The average Bonchev–Trinajstić information content (AvgIpc) is 2.46. The molecule has 0 aromatic heterocycles. The summed E-state index contributed by atoms with van der Waals surface area (Å²) in [5, 5.41) is 9.80. The summed E-state index contributed by atoms with van der Waals surface area (Å²) in [5.74, 6) is 0.382. The number of phenols is 1. The number of phenolic OH excluding ortho intramolecular Hbond substituents is 1. The maximum atomic E-state index is 9.80. The van der Waals surface area contributed by atoms with Gasteiger partial charge in [-0.15, -0.1) is 0 Å². The Balaban J connectivity index is 1.78. The van der Waals surface area contributed by atoms with Gasteiger partial charge in [-0.1, -0.05) is 42.5 Å². The Morgan fingerprint density at radius 1 is 0.947 bits per heavy atom. The zero-order valence-electron chi connectivity index (χ0n) is 10.8. The molecule has 96 valence electrons. The minimum absolute atomic E-state index is 0.382. The fraction of sp³-hybridized carbons (Fsp3) is 0.235. The van der Waals surface area contributed by atoms with Gasteiger partial charge in [-0.2, -0.15) is 0 Å². The van der Waals surface area contributed by atoms with Crippen molar-refractivity contribution in [3.8, 4) is 5.75 Å². The quantitative estimate of drug-likeness (QED) is 0.891. The number of aliphatic imine (C=N–C) groups is 1. The molecule has 19 heavy (non-hydrogen) atoms. The molecule has 0 amide bonds. The second kappa shape index (κ2) is 5.27. The number of para-hydroxylation sites is 1. The van der Waals surface area contributed by atoms with Crippen molar-refractivity contribution in [3.63, 3.8) is 0 Å². The summed E-state index contributed by atoms with van der Waals surface area (Å²) in [7, 11) is 0. The molecule has 0 atom stereocenters. The Morgan fingerprint density at radius 3 is 2.63 bits per heavy atom. The highest BCUT2D eigenvalue weighted by Crippen LogP contribution is 2.21. The van der Waals surface area contributed by atoms with Crippen LogP contribution in [0.5, 0.6) is 5.75 Å². The molecule has 2 nitrogen and oxygen atoms in total. The van der Waals surface area contributed by atoms with E-state index >= 15 is 0 Å². The largest absolute Gasteiger partial charge is 0.508 e. The first-order valence-electron chi connectivity index (χ1n) is 6.73. The molecule has 0 saturated heterocycles. The molecule has 0 fully saturated rings. The van der Waals surface area contributed by atoms with E-state index in [0.29, 0.717) is 5.75 Å². The number of benzene rings is 2. The number of aromatic hydroxyl groups is 1. The predicted molar refractivity (Wildman–Crippen MR) is 78.0 cm³/mol. The van der Waals surface area contributed by atoms with Crippen LogP contribution in [-0.2, 0) is 12.8 Å². The SMILES string of the molecule is Oc1ccccc1CCC1=NCCc2ccccc21. The summed E-state index contributed by atoms with van der Waals surface area (Å²) < 4.78 is 0. The molecule has 0 unspecified atom stereocenters. The van der Waals surface area contributed by atoms with Crippen molar-refractivity contribution in [2.24, 2.45) is 4.99 Å². The van der Waals surface area contributed by atoms with E-state index in [9.17, 15) is 5.11 Å². The fourth-order valence-corrected chi connectivity index (χ4v) is 2.61. The third-order valence-electron chi connectivity index (χ3n) is 3.63. The second-order valence-electron chi connectivity index (χ2n) is 4.86. The molecule has 0 saturated carbocycles. The van der Waals surface area contributed by atoms with Crippen molar-refractivity contribution < 1.29 is 5.11 Å². The van der Waals surface area contributed by atoms with Crippen molar-refractivity contribution in [2.75, 3.05) is 6.54 Å². The van der Waals surface area contributed by atoms with Crippen LogP contribution in [0, 0.1) is 0 Å². The zero-order valence-corrected chi connectivity index (χ0v) is 10.8. The molecular formula is C17H17NO. The van der Waals surface area contributed by atoms with Crippen LogP contribution < -0.4 is 0 Å². The van der Waals surface area contributed by atoms with Crippen molar-refractivity contribution in [1.82, 2.24) is 0 Å². The minimum Gasteiger partial charge on any atom is -0.508 e. The van der Waals surface area contributed by atoms with E-state index in [1.165, 1.54) is 16.8 Å². The highest BCUT2D eigenvalue weighted by atomic mass is 16.3. The third kappa shape index (κ3) is 2.53. The predicted octanol–water partition coefficient (Wildman–Crippen LogP) is 3.37. The van der Waals surface area contributed by atoms with Gasteiger partial charge in [-0.3, -0.25) is 4.99 Å². The molecule has 1 heterocycles. The highest BCUT2D eigenvalue weighted by molar-refractivity contribution is 6.02. The van der Waals surface area contributed by atoms with E-state index < -0.39 is 0 Å². The molecule has 1 N–H and O–H groups in total. The first kappa shape index (κ1) is 12.0. The van der Waals surface area contributed by atoms with Gasteiger partial charge in [0.2, 0.25) is 0 Å². The number of hydrogen-bond acceptors (Lipinski definition) is 2. The van der Waals surface area contributed by atoms with Crippen LogP contribution in [0.25, 0.3) is 0 Å². The molecule has 0 radical (unpaired) electrons. The molecule has 2 heteroatoms. The van der Waals surface area contributed by atoms with Crippen molar-refractivity contribution in [3.05, 3.63) is 65.2 Å². The normalized spacial score (nSPS) is 13.8. The molecule has 0 spiro atoms. The lowest BCUT2D eigenvalue weighted by Crippen LogP contribution is -2.13. The number of nitrogens with zero attached hydrogens (tertiary/aromatic N) is 1. The fourth-order valence-electron chi connectivity index (χ4n) is 2.61. The molecule has 3 rings (SSSR count). The summed E-state index contributed by atoms with van der Waals surface area (Å²) in [6.07, 6.45) is 2.75. The molecule has 2 aromatic carbocycles. The zero-order chi connectivity index (χ0) is 13.1. The first-order valence-corrected chi connectivity index (χ1v) is 6.73. The van der Waals surface area contributed by atoms with E-state index in [1.807, 2.05) is 18.2 Å². The van der Waals surface area contributed by atoms with Crippen LogP contribution >= 0.6 is 0 Å². The smallest absolute Gasteiger partial charge is 0.118 e.